The maximum Gasteiger partial charge on any atom is 0.232 e. The quantitative estimate of drug-likeness (QED) is 0.695. The molecule has 2 aliphatic heterocycles. The standard InChI is InChI=1S/C23H35N3O4S/c1-31(29,30)26-12-4-7-18-15-19(8-9-21(18)26)22(27)16-25-13-10-20(11-14-25)24-23(28)17-5-2-3-6-17/h8-9,15,17,20,22,27H,2-7,10-14,16H2,1H3,(H,24,28). The fraction of sp³-hybridized carbons (Fsp3) is 0.696. The van der Waals surface area contributed by atoms with Gasteiger partial charge in [0.1, 0.15) is 0 Å². The van der Waals surface area contributed by atoms with Crippen LogP contribution in [0.5, 0.6) is 0 Å². The van der Waals surface area contributed by atoms with Crippen molar-refractivity contribution < 1.29 is 18.3 Å². The van der Waals surface area contributed by atoms with Crippen molar-refractivity contribution in [3.05, 3.63) is 29.3 Å². The lowest BCUT2D eigenvalue weighted by atomic mass is 9.97. The van der Waals surface area contributed by atoms with Crippen molar-refractivity contribution in [2.24, 2.45) is 5.92 Å². The molecule has 4 rings (SSSR count). The maximum atomic E-state index is 12.4. The van der Waals surface area contributed by atoms with E-state index in [1.807, 2.05) is 18.2 Å². The summed E-state index contributed by atoms with van der Waals surface area (Å²) in [5, 5.41) is 14.0. The highest BCUT2D eigenvalue weighted by Gasteiger charge is 2.28. The fourth-order valence-corrected chi connectivity index (χ4v) is 6.25. The van der Waals surface area contributed by atoms with Crippen molar-refractivity contribution in [2.75, 3.05) is 36.7 Å². The van der Waals surface area contributed by atoms with Gasteiger partial charge in [0.15, 0.2) is 0 Å². The predicted octanol–water partition coefficient (Wildman–Crippen LogP) is 2.20. The SMILES string of the molecule is CS(=O)(=O)N1CCCc2cc(C(O)CN3CCC(NC(=O)C4CCCC4)CC3)ccc21. The summed E-state index contributed by atoms with van der Waals surface area (Å²) >= 11 is 0. The van der Waals surface area contributed by atoms with Crippen LogP contribution in [0.15, 0.2) is 18.2 Å². The van der Waals surface area contributed by atoms with Gasteiger partial charge < -0.3 is 15.3 Å². The molecule has 3 aliphatic rings. The van der Waals surface area contributed by atoms with Crippen molar-refractivity contribution >= 4 is 21.6 Å². The molecule has 1 unspecified atom stereocenters. The van der Waals surface area contributed by atoms with Crippen LogP contribution in [0.1, 0.15) is 62.2 Å². The van der Waals surface area contributed by atoms with Crippen LogP contribution in [0.3, 0.4) is 0 Å². The zero-order chi connectivity index (χ0) is 22.0. The minimum absolute atomic E-state index is 0.211. The summed E-state index contributed by atoms with van der Waals surface area (Å²) in [6, 6.07) is 5.89. The number of carbonyl (C=O) groups is 1. The predicted molar refractivity (Wildman–Crippen MR) is 121 cm³/mol. The highest BCUT2D eigenvalue weighted by Crippen LogP contribution is 2.32. The number of benzene rings is 1. The van der Waals surface area contributed by atoms with Crippen molar-refractivity contribution in [1.82, 2.24) is 10.2 Å². The normalized spacial score (nSPS) is 22.3. The Balaban J connectivity index is 1.30. The molecule has 2 N–H and O–H groups in total. The number of fused-ring (bicyclic) bond motifs is 1. The number of nitrogens with one attached hydrogen (secondary N) is 1. The van der Waals surface area contributed by atoms with Crippen LogP contribution < -0.4 is 9.62 Å². The van der Waals surface area contributed by atoms with Gasteiger partial charge in [-0.2, -0.15) is 0 Å². The molecule has 0 bridgehead atoms. The lowest BCUT2D eigenvalue weighted by Crippen LogP contribution is -2.46. The van der Waals surface area contributed by atoms with Gasteiger partial charge in [-0.3, -0.25) is 9.10 Å². The molecule has 2 fully saturated rings. The first-order valence-electron chi connectivity index (χ1n) is 11.6. The Hall–Kier alpha value is -1.64. The van der Waals surface area contributed by atoms with E-state index in [-0.39, 0.29) is 17.9 Å². The Morgan fingerprint density at radius 2 is 1.84 bits per heavy atom. The Labute approximate surface area is 185 Å². The van der Waals surface area contributed by atoms with Crippen molar-refractivity contribution in [2.45, 2.75) is 63.5 Å². The van der Waals surface area contributed by atoms with Gasteiger partial charge in [-0.05, 0) is 55.7 Å². The topological polar surface area (TPSA) is 89.9 Å². The van der Waals surface area contributed by atoms with E-state index in [4.69, 9.17) is 0 Å². The van der Waals surface area contributed by atoms with Gasteiger partial charge in [0.2, 0.25) is 15.9 Å². The second-order valence-corrected chi connectivity index (χ2v) is 11.3. The van der Waals surface area contributed by atoms with Gasteiger partial charge in [0, 0.05) is 38.1 Å². The van der Waals surface area contributed by atoms with Crippen LogP contribution in [-0.4, -0.2) is 62.8 Å². The Kier molecular flexibility index (Phi) is 6.89. The number of carbonyl (C=O) groups excluding carboxylic acids is 1. The van der Waals surface area contributed by atoms with E-state index in [9.17, 15) is 18.3 Å². The molecule has 1 aromatic carbocycles. The number of sulfonamides is 1. The van der Waals surface area contributed by atoms with Crippen LogP contribution in [0.25, 0.3) is 0 Å². The number of hydrogen-bond acceptors (Lipinski definition) is 5. The fourth-order valence-electron chi connectivity index (χ4n) is 5.25. The van der Waals surface area contributed by atoms with Crippen molar-refractivity contribution in [3.8, 4) is 0 Å². The Morgan fingerprint density at radius 3 is 2.52 bits per heavy atom. The van der Waals surface area contributed by atoms with E-state index >= 15 is 0 Å². The number of anilines is 1. The minimum Gasteiger partial charge on any atom is -0.387 e. The molecule has 8 heteroatoms. The molecule has 172 valence electrons. The molecule has 1 aliphatic carbocycles. The van der Waals surface area contributed by atoms with E-state index < -0.39 is 16.1 Å². The minimum atomic E-state index is -3.28. The first-order chi connectivity index (χ1) is 14.8. The largest absolute Gasteiger partial charge is 0.387 e. The van der Waals surface area contributed by atoms with Crippen LogP contribution in [0, 0.1) is 5.92 Å². The number of nitrogens with zero attached hydrogens (tertiary/aromatic N) is 2. The molecule has 1 aromatic rings. The van der Waals surface area contributed by atoms with Crippen LogP contribution in [0.4, 0.5) is 5.69 Å². The number of aliphatic hydroxyl groups excluding tert-OH is 1. The summed E-state index contributed by atoms with van der Waals surface area (Å²) in [5.41, 5.74) is 2.57. The first-order valence-corrected chi connectivity index (χ1v) is 13.5. The van der Waals surface area contributed by atoms with E-state index in [0.717, 1.165) is 68.4 Å². The average molecular weight is 450 g/mol. The molecular formula is C23H35N3O4S. The van der Waals surface area contributed by atoms with Gasteiger partial charge in [-0.1, -0.05) is 25.0 Å². The molecular weight excluding hydrogens is 414 g/mol. The van der Waals surface area contributed by atoms with Gasteiger partial charge in [0.05, 0.1) is 18.0 Å². The monoisotopic (exact) mass is 449 g/mol. The van der Waals surface area contributed by atoms with Gasteiger partial charge in [-0.15, -0.1) is 0 Å². The van der Waals surface area contributed by atoms with Gasteiger partial charge in [-0.25, -0.2) is 8.42 Å². The van der Waals surface area contributed by atoms with Gasteiger partial charge in [0.25, 0.3) is 0 Å². The molecule has 1 atom stereocenters. The Bertz CT molecular complexity index is 890. The number of hydrogen-bond donors (Lipinski definition) is 2. The van der Waals surface area contributed by atoms with Crippen LogP contribution in [-0.2, 0) is 21.2 Å². The molecule has 0 radical (unpaired) electrons. The molecule has 1 saturated heterocycles. The number of rotatable bonds is 6. The average Bonchev–Trinajstić information content (AvgIpc) is 3.29. The number of aliphatic hydroxyl groups is 1. The zero-order valence-electron chi connectivity index (χ0n) is 18.4. The van der Waals surface area contributed by atoms with Crippen molar-refractivity contribution in [1.29, 1.82) is 0 Å². The zero-order valence-corrected chi connectivity index (χ0v) is 19.2. The summed E-state index contributed by atoms with van der Waals surface area (Å²) in [4.78, 5) is 14.6. The number of piperidine rings is 1. The van der Waals surface area contributed by atoms with Crippen molar-refractivity contribution in [3.63, 3.8) is 0 Å². The molecule has 1 saturated carbocycles. The summed E-state index contributed by atoms with van der Waals surface area (Å²) in [5.74, 6) is 0.440. The highest BCUT2D eigenvalue weighted by molar-refractivity contribution is 7.92. The van der Waals surface area contributed by atoms with Gasteiger partial charge >= 0.3 is 0 Å². The highest BCUT2D eigenvalue weighted by atomic mass is 32.2. The second kappa shape index (κ2) is 9.46. The molecule has 0 aromatic heterocycles. The first kappa shape index (κ1) is 22.6. The number of likely N-dealkylation sites (tertiary alicyclic amines) is 1. The second-order valence-electron chi connectivity index (χ2n) is 9.41. The lowest BCUT2D eigenvalue weighted by molar-refractivity contribution is -0.125. The molecule has 0 spiro atoms. The van der Waals surface area contributed by atoms with E-state index in [0.29, 0.717) is 13.1 Å². The van der Waals surface area contributed by atoms with E-state index in [1.165, 1.54) is 23.4 Å². The Morgan fingerprint density at radius 1 is 1.13 bits per heavy atom. The van der Waals surface area contributed by atoms with Crippen LogP contribution in [0.2, 0.25) is 0 Å². The molecule has 31 heavy (non-hydrogen) atoms. The summed E-state index contributed by atoms with van der Waals surface area (Å²) in [6.07, 6.45) is 8.48. The number of aryl methyl sites for hydroxylation is 1. The molecule has 7 nitrogen and oxygen atoms in total. The summed E-state index contributed by atoms with van der Waals surface area (Å²) in [7, 11) is -3.28. The summed E-state index contributed by atoms with van der Waals surface area (Å²) < 4.78 is 25.5. The van der Waals surface area contributed by atoms with E-state index in [1.54, 1.807) is 0 Å². The third kappa shape index (κ3) is 5.41. The smallest absolute Gasteiger partial charge is 0.232 e. The third-order valence-electron chi connectivity index (χ3n) is 7.06. The molecule has 1 amide bonds. The van der Waals surface area contributed by atoms with Crippen LogP contribution >= 0.6 is 0 Å². The molecule has 2 heterocycles. The summed E-state index contributed by atoms with van der Waals surface area (Å²) in [6.45, 7) is 2.79. The van der Waals surface area contributed by atoms with E-state index in [2.05, 4.69) is 10.2 Å². The number of amides is 1. The lowest BCUT2D eigenvalue weighted by Gasteiger charge is -2.34. The maximum absolute atomic E-state index is 12.4. The third-order valence-corrected chi connectivity index (χ3v) is 8.24. The number of β-amino-alcohol motifs (C(OH)–C–C–N with tert-alkyl or cyclic N) is 1.